The van der Waals surface area contributed by atoms with Crippen molar-refractivity contribution in [2.24, 2.45) is 0 Å². The van der Waals surface area contributed by atoms with Crippen LogP contribution < -0.4 is 15.8 Å². The maximum atomic E-state index is 13.2. The summed E-state index contributed by atoms with van der Waals surface area (Å²) in [5, 5.41) is 2.71. The Bertz CT molecular complexity index is 931. The fourth-order valence-electron chi connectivity index (χ4n) is 3.08. The maximum Gasteiger partial charge on any atom is 0.398 e. The van der Waals surface area contributed by atoms with Gasteiger partial charge in [-0.2, -0.15) is 13.2 Å². The van der Waals surface area contributed by atoms with Gasteiger partial charge in [0.15, 0.2) is 0 Å². The minimum absolute atomic E-state index is 0.0371. The SMILES string of the molecule is CC(NC(=O)c1cc(=O)[nH]c(N(C)C)n1)c1ccc(C2(C(F)(F)F)CC2)cc1. The smallest absolute Gasteiger partial charge is 0.348 e. The van der Waals surface area contributed by atoms with Crippen molar-refractivity contribution < 1.29 is 18.0 Å². The molecule has 1 heterocycles. The predicted molar refractivity (Wildman–Crippen MR) is 98.5 cm³/mol. The van der Waals surface area contributed by atoms with Gasteiger partial charge in [-0.1, -0.05) is 24.3 Å². The summed E-state index contributed by atoms with van der Waals surface area (Å²) in [6.45, 7) is 1.71. The average molecular weight is 394 g/mol. The van der Waals surface area contributed by atoms with Crippen LogP contribution in [0.5, 0.6) is 0 Å². The Morgan fingerprint density at radius 3 is 2.36 bits per heavy atom. The molecule has 3 rings (SSSR count). The lowest BCUT2D eigenvalue weighted by molar-refractivity contribution is -0.160. The molecule has 1 aliphatic carbocycles. The van der Waals surface area contributed by atoms with Crippen LogP contribution in [0.3, 0.4) is 0 Å². The van der Waals surface area contributed by atoms with Gasteiger partial charge in [-0.3, -0.25) is 14.6 Å². The fraction of sp³-hybridized carbons (Fsp3) is 0.421. The number of carbonyl (C=O) groups excluding carboxylic acids is 1. The highest BCUT2D eigenvalue weighted by molar-refractivity contribution is 5.92. The summed E-state index contributed by atoms with van der Waals surface area (Å²) in [5.74, 6) is -0.295. The number of hydrogen-bond donors (Lipinski definition) is 2. The van der Waals surface area contributed by atoms with E-state index in [1.54, 1.807) is 38.1 Å². The molecule has 0 bridgehead atoms. The normalized spacial score (nSPS) is 16.4. The number of amides is 1. The Hall–Kier alpha value is -2.84. The van der Waals surface area contributed by atoms with E-state index < -0.39 is 29.1 Å². The third-order valence-corrected chi connectivity index (χ3v) is 4.99. The van der Waals surface area contributed by atoms with Crippen molar-refractivity contribution >= 4 is 11.9 Å². The summed E-state index contributed by atoms with van der Waals surface area (Å²) in [4.78, 5) is 32.3. The van der Waals surface area contributed by atoms with E-state index in [1.807, 2.05) is 0 Å². The number of alkyl halides is 3. The number of halogens is 3. The number of carbonyl (C=O) groups is 1. The predicted octanol–water partition coefficient (Wildman–Crippen LogP) is 2.92. The van der Waals surface area contributed by atoms with Gasteiger partial charge in [0.1, 0.15) is 5.69 Å². The van der Waals surface area contributed by atoms with Crippen LogP contribution in [0.15, 0.2) is 35.1 Å². The molecule has 1 aliphatic rings. The van der Waals surface area contributed by atoms with E-state index in [4.69, 9.17) is 0 Å². The van der Waals surface area contributed by atoms with Gasteiger partial charge in [0.05, 0.1) is 11.5 Å². The first kappa shape index (κ1) is 19.9. The molecule has 0 aliphatic heterocycles. The molecule has 6 nitrogen and oxygen atoms in total. The fourth-order valence-corrected chi connectivity index (χ4v) is 3.08. The monoisotopic (exact) mass is 394 g/mol. The molecule has 1 aromatic heterocycles. The molecule has 1 unspecified atom stereocenters. The quantitative estimate of drug-likeness (QED) is 0.818. The molecule has 1 atom stereocenters. The van der Waals surface area contributed by atoms with Crippen molar-refractivity contribution in [2.45, 2.75) is 37.4 Å². The Labute approximate surface area is 159 Å². The molecule has 1 aromatic carbocycles. The number of aromatic amines is 1. The Balaban J connectivity index is 1.74. The summed E-state index contributed by atoms with van der Waals surface area (Å²) in [6, 6.07) is 6.73. The van der Waals surface area contributed by atoms with Crippen LogP contribution in [0, 0.1) is 0 Å². The highest BCUT2D eigenvalue weighted by Crippen LogP contribution is 2.58. The first-order chi connectivity index (χ1) is 13.0. The third kappa shape index (κ3) is 3.74. The van der Waals surface area contributed by atoms with Crippen LogP contribution >= 0.6 is 0 Å². The molecule has 2 N–H and O–H groups in total. The Morgan fingerprint density at radius 1 is 1.25 bits per heavy atom. The van der Waals surface area contributed by atoms with Crippen LogP contribution in [-0.4, -0.2) is 36.1 Å². The average Bonchev–Trinajstić information content (AvgIpc) is 3.43. The van der Waals surface area contributed by atoms with Gasteiger partial charge < -0.3 is 10.2 Å². The van der Waals surface area contributed by atoms with Crippen LogP contribution in [0.2, 0.25) is 0 Å². The standard InChI is InChI=1S/C19H21F3N4O2/c1-11(23-16(28)14-10-15(27)25-17(24-14)26(2)3)12-4-6-13(7-5-12)18(8-9-18)19(20,21)22/h4-7,10-11H,8-9H2,1-3H3,(H,23,28)(H,24,25,27). The number of rotatable bonds is 5. The number of nitrogens with one attached hydrogen (secondary N) is 2. The van der Waals surface area contributed by atoms with Gasteiger partial charge in [-0.25, -0.2) is 4.98 Å². The van der Waals surface area contributed by atoms with Gasteiger partial charge in [0.2, 0.25) is 5.95 Å². The molecule has 150 valence electrons. The molecule has 28 heavy (non-hydrogen) atoms. The van der Waals surface area contributed by atoms with Gasteiger partial charge in [-0.15, -0.1) is 0 Å². The van der Waals surface area contributed by atoms with Crippen LogP contribution in [-0.2, 0) is 5.41 Å². The Morgan fingerprint density at radius 2 is 1.86 bits per heavy atom. The first-order valence-electron chi connectivity index (χ1n) is 8.80. The number of nitrogens with zero attached hydrogens (tertiary/aromatic N) is 2. The zero-order chi connectivity index (χ0) is 20.7. The summed E-state index contributed by atoms with van der Waals surface area (Å²) in [5.41, 5.74) is -1.31. The molecule has 1 saturated carbocycles. The minimum Gasteiger partial charge on any atom is -0.348 e. The van der Waals surface area contributed by atoms with E-state index in [9.17, 15) is 22.8 Å². The second kappa shape index (κ2) is 6.96. The van der Waals surface area contributed by atoms with Crippen molar-refractivity contribution in [1.29, 1.82) is 0 Å². The van der Waals surface area contributed by atoms with E-state index in [2.05, 4.69) is 15.3 Å². The third-order valence-electron chi connectivity index (χ3n) is 4.99. The molecule has 0 radical (unpaired) electrons. The molecular weight excluding hydrogens is 373 g/mol. The summed E-state index contributed by atoms with van der Waals surface area (Å²) in [6.07, 6.45) is -4.06. The molecule has 2 aromatic rings. The number of H-pyrrole nitrogens is 1. The van der Waals surface area contributed by atoms with Crippen LogP contribution in [0.25, 0.3) is 0 Å². The van der Waals surface area contributed by atoms with E-state index in [1.165, 1.54) is 12.1 Å². The van der Waals surface area contributed by atoms with Gasteiger partial charge in [-0.05, 0) is 30.9 Å². The van der Waals surface area contributed by atoms with E-state index >= 15 is 0 Å². The highest BCUT2D eigenvalue weighted by atomic mass is 19.4. The number of hydrogen-bond acceptors (Lipinski definition) is 4. The zero-order valence-corrected chi connectivity index (χ0v) is 15.7. The summed E-state index contributed by atoms with van der Waals surface area (Å²) < 4.78 is 39.7. The van der Waals surface area contributed by atoms with Gasteiger partial charge in [0, 0.05) is 20.2 Å². The molecule has 9 heteroatoms. The minimum atomic E-state index is -4.26. The summed E-state index contributed by atoms with van der Waals surface area (Å²) in [7, 11) is 3.36. The largest absolute Gasteiger partial charge is 0.398 e. The van der Waals surface area contributed by atoms with E-state index in [0.29, 0.717) is 5.56 Å². The lowest BCUT2D eigenvalue weighted by atomic mass is 9.93. The van der Waals surface area contributed by atoms with Gasteiger partial charge >= 0.3 is 6.18 Å². The molecule has 1 fully saturated rings. The molecule has 0 spiro atoms. The van der Waals surface area contributed by atoms with Crippen molar-refractivity contribution in [1.82, 2.24) is 15.3 Å². The molecular formula is C19H21F3N4O2. The second-order valence-corrected chi connectivity index (χ2v) is 7.25. The zero-order valence-electron chi connectivity index (χ0n) is 15.7. The first-order valence-corrected chi connectivity index (χ1v) is 8.80. The van der Waals surface area contributed by atoms with E-state index in [0.717, 1.165) is 6.07 Å². The van der Waals surface area contributed by atoms with Gasteiger partial charge in [0.25, 0.3) is 11.5 Å². The van der Waals surface area contributed by atoms with E-state index in [-0.39, 0.29) is 30.0 Å². The highest BCUT2D eigenvalue weighted by Gasteiger charge is 2.64. The summed E-state index contributed by atoms with van der Waals surface area (Å²) >= 11 is 0. The number of anilines is 1. The number of aromatic nitrogens is 2. The molecule has 0 saturated heterocycles. The van der Waals surface area contributed by atoms with Crippen molar-refractivity contribution in [3.8, 4) is 0 Å². The van der Waals surface area contributed by atoms with Crippen molar-refractivity contribution in [3.05, 3.63) is 57.5 Å². The topological polar surface area (TPSA) is 78.1 Å². The van der Waals surface area contributed by atoms with Crippen molar-refractivity contribution in [2.75, 3.05) is 19.0 Å². The van der Waals surface area contributed by atoms with Crippen LogP contribution in [0.4, 0.5) is 19.1 Å². The molecule has 1 amide bonds. The second-order valence-electron chi connectivity index (χ2n) is 7.25. The van der Waals surface area contributed by atoms with Crippen LogP contribution in [0.1, 0.15) is 47.4 Å². The number of benzene rings is 1. The maximum absolute atomic E-state index is 13.2. The Kier molecular flexibility index (Phi) is 4.95. The van der Waals surface area contributed by atoms with Crippen molar-refractivity contribution in [3.63, 3.8) is 0 Å². The lowest BCUT2D eigenvalue weighted by Crippen LogP contribution is -2.30. The lowest BCUT2D eigenvalue weighted by Gasteiger charge is -2.21.